The Labute approximate surface area is 142 Å². The highest BCUT2D eigenvalue weighted by atomic mass is 79.9. The predicted octanol–water partition coefficient (Wildman–Crippen LogP) is 4.94. The highest BCUT2D eigenvalue weighted by Gasteiger charge is 2.80. The molecule has 3 unspecified atom stereocenters. The van der Waals surface area contributed by atoms with Crippen LogP contribution >= 0.6 is 15.9 Å². The number of carbonyl (C=O) groups excluding carboxylic acids is 1. The van der Waals surface area contributed by atoms with E-state index in [1.54, 1.807) is 0 Å². The molecule has 0 heterocycles. The van der Waals surface area contributed by atoms with Crippen LogP contribution in [0.15, 0.2) is 24.3 Å². The van der Waals surface area contributed by atoms with Crippen molar-refractivity contribution in [2.45, 2.75) is 52.3 Å². The van der Waals surface area contributed by atoms with Gasteiger partial charge in [0.05, 0.1) is 5.41 Å². The van der Waals surface area contributed by atoms with Gasteiger partial charge in [0, 0.05) is 17.1 Å². The quantitative estimate of drug-likeness (QED) is 0.696. The first kappa shape index (κ1) is 16.0. The van der Waals surface area contributed by atoms with E-state index in [2.05, 4.69) is 62.7 Å². The van der Waals surface area contributed by atoms with E-state index in [0.29, 0.717) is 5.91 Å². The molecule has 1 amide bonds. The van der Waals surface area contributed by atoms with Gasteiger partial charge < -0.3 is 4.90 Å². The molecule has 1 aromatic carbocycles. The van der Waals surface area contributed by atoms with Crippen LogP contribution in [0.1, 0.15) is 46.1 Å². The van der Waals surface area contributed by atoms with Crippen molar-refractivity contribution in [2.75, 3.05) is 11.4 Å². The Morgan fingerprint density at radius 2 is 2.00 bits per heavy atom. The molecule has 3 atom stereocenters. The Kier molecular flexibility index (Phi) is 3.52. The van der Waals surface area contributed by atoms with Crippen molar-refractivity contribution < 1.29 is 4.79 Å². The van der Waals surface area contributed by atoms with Crippen LogP contribution < -0.4 is 4.90 Å². The van der Waals surface area contributed by atoms with Gasteiger partial charge in [0.25, 0.3) is 0 Å². The fraction of sp³-hybridized carbons (Fsp3) is 0.632. The summed E-state index contributed by atoms with van der Waals surface area (Å²) in [7, 11) is 0. The molecule has 22 heavy (non-hydrogen) atoms. The fourth-order valence-corrected chi connectivity index (χ4v) is 6.71. The normalized spacial score (nSPS) is 35.1. The Morgan fingerprint density at radius 1 is 1.32 bits per heavy atom. The Hall–Kier alpha value is -0.830. The summed E-state index contributed by atoms with van der Waals surface area (Å²) in [5, 5.41) is 0. The Balaban J connectivity index is 2.00. The van der Waals surface area contributed by atoms with E-state index < -0.39 is 0 Å². The largest absolute Gasteiger partial charge is 0.312 e. The molecule has 3 aliphatic carbocycles. The van der Waals surface area contributed by atoms with Gasteiger partial charge >= 0.3 is 0 Å². The predicted molar refractivity (Wildman–Crippen MR) is 95.5 cm³/mol. The maximum atomic E-state index is 13.5. The molecule has 0 spiro atoms. The fourth-order valence-electron chi connectivity index (χ4n) is 4.91. The van der Waals surface area contributed by atoms with E-state index >= 15 is 0 Å². The minimum absolute atomic E-state index is 0.0441. The van der Waals surface area contributed by atoms with E-state index in [1.807, 2.05) is 17.0 Å². The first-order chi connectivity index (χ1) is 10.2. The van der Waals surface area contributed by atoms with Gasteiger partial charge in [0.2, 0.25) is 5.91 Å². The number of fused-ring (bicyclic) bond motifs is 1. The topological polar surface area (TPSA) is 20.3 Å². The van der Waals surface area contributed by atoms with Crippen molar-refractivity contribution >= 4 is 27.5 Å². The third kappa shape index (κ3) is 1.64. The van der Waals surface area contributed by atoms with E-state index in [0.717, 1.165) is 25.1 Å². The maximum absolute atomic E-state index is 13.5. The molecule has 0 aromatic heterocycles. The number of rotatable bonds is 3. The second-order valence-corrected chi connectivity index (χ2v) is 8.68. The summed E-state index contributed by atoms with van der Waals surface area (Å²) in [6.45, 7) is 11.7. The molecule has 120 valence electrons. The van der Waals surface area contributed by atoms with Gasteiger partial charge in [-0.3, -0.25) is 4.79 Å². The molecule has 0 aliphatic heterocycles. The van der Waals surface area contributed by atoms with Crippen LogP contribution in [0, 0.1) is 23.2 Å². The molecule has 3 heteroatoms. The van der Waals surface area contributed by atoms with E-state index in [4.69, 9.17) is 0 Å². The monoisotopic (exact) mass is 363 g/mol. The van der Waals surface area contributed by atoms with Crippen molar-refractivity contribution in [2.24, 2.45) is 16.2 Å². The molecule has 3 saturated carbocycles. The summed E-state index contributed by atoms with van der Waals surface area (Å²) in [6.07, 6.45) is 2.13. The highest BCUT2D eigenvalue weighted by molar-refractivity contribution is 9.09. The minimum Gasteiger partial charge on any atom is -0.312 e. The number of hydrogen-bond donors (Lipinski definition) is 0. The Morgan fingerprint density at radius 3 is 2.45 bits per heavy atom. The summed E-state index contributed by atoms with van der Waals surface area (Å²) in [4.78, 5) is 15.8. The average molecular weight is 364 g/mol. The molecule has 0 radical (unpaired) electrons. The third-order valence-electron chi connectivity index (χ3n) is 6.83. The summed E-state index contributed by atoms with van der Waals surface area (Å²) in [5.74, 6) is 0.294. The lowest BCUT2D eigenvalue weighted by molar-refractivity contribution is -0.158. The average Bonchev–Trinajstić information content (AvgIpc) is 2.87. The second kappa shape index (κ2) is 4.83. The lowest BCUT2D eigenvalue weighted by Crippen LogP contribution is -2.69. The molecule has 2 bridgehead atoms. The Bertz CT molecular complexity index is 626. The molecule has 3 fully saturated rings. The SMILES string of the molecule is CCN(C(=O)C12CCC(C)(C1Br)C2(C)C)c1cccc(C)c1. The maximum Gasteiger partial charge on any atom is 0.234 e. The molecular formula is C19H26BrNO. The van der Waals surface area contributed by atoms with E-state index in [9.17, 15) is 4.79 Å². The molecular weight excluding hydrogens is 338 g/mol. The number of anilines is 1. The number of aryl methyl sites for hydroxylation is 1. The van der Waals surface area contributed by atoms with Gasteiger partial charge in [-0.25, -0.2) is 0 Å². The second-order valence-electron chi connectivity index (χ2n) is 7.76. The molecule has 1 aromatic rings. The summed E-state index contributed by atoms with van der Waals surface area (Å²) >= 11 is 3.88. The van der Waals surface area contributed by atoms with Crippen LogP contribution in [0.4, 0.5) is 5.69 Å². The van der Waals surface area contributed by atoms with Crippen LogP contribution in [0.5, 0.6) is 0 Å². The third-order valence-corrected chi connectivity index (χ3v) is 8.62. The number of benzene rings is 1. The smallest absolute Gasteiger partial charge is 0.234 e. The van der Waals surface area contributed by atoms with Gasteiger partial charge in [0.15, 0.2) is 0 Å². The van der Waals surface area contributed by atoms with Crippen LogP contribution in [-0.4, -0.2) is 17.3 Å². The van der Waals surface area contributed by atoms with Gasteiger partial charge in [-0.1, -0.05) is 48.8 Å². The number of alkyl halides is 1. The van der Waals surface area contributed by atoms with E-state index in [-0.39, 0.29) is 21.1 Å². The number of halogens is 1. The summed E-state index contributed by atoms with van der Waals surface area (Å²) in [5.41, 5.74) is 2.23. The molecule has 0 N–H and O–H groups in total. The van der Waals surface area contributed by atoms with Gasteiger partial charge in [-0.15, -0.1) is 0 Å². The molecule has 0 saturated heterocycles. The summed E-state index contributed by atoms with van der Waals surface area (Å²) in [6, 6.07) is 8.27. The number of amides is 1. The van der Waals surface area contributed by atoms with Crippen molar-refractivity contribution in [3.05, 3.63) is 29.8 Å². The van der Waals surface area contributed by atoms with Gasteiger partial charge in [-0.05, 0) is 55.2 Å². The number of nitrogens with zero attached hydrogens (tertiary/aromatic N) is 1. The van der Waals surface area contributed by atoms with Crippen LogP contribution in [0.25, 0.3) is 0 Å². The lowest BCUT2D eigenvalue weighted by atomic mass is 9.43. The van der Waals surface area contributed by atoms with Crippen molar-refractivity contribution in [1.82, 2.24) is 0 Å². The molecule has 3 aliphatic rings. The highest BCUT2D eigenvalue weighted by Crippen LogP contribution is 2.80. The molecule has 4 rings (SSSR count). The number of hydrogen-bond acceptors (Lipinski definition) is 1. The zero-order valence-electron chi connectivity index (χ0n) is 14.2. The van der Waals surface area contributed by atoms with Gasteiger partial charge in [-0.2, -0.15) is 0 Å². The zero-order chi connectivity index (χ0) is 16.3. The lowest BCUT2D eigenvalue weighted by Gasteiger charge is -2.64. The van der Waals surface area contributed by atoms with Crippen LogP contribution in [0.2, 0.25) is 0 Å². The van der Waals surface area contributed by atoms with Crippen LogP contribution in [0.3, 0.4) is 0 Å². The molecule has 2 nitrogen and oxygen atoms in total. The van der Waals surface area contributed by atoms with Crippen LogP contribution in [-0.2, 0) is 4.79 Å². The minimum atomic E-state index is -0.262. The van der Waals surface area contributed by atoms with Crippen molar-refractivity contribution in [3.63, 3.8) is 0 Å². The zero-order valence-corrected chi connectivity index (χ0v) is 15.8. The van der Waals surface area contributed by atoms with Gasteiger partial charge in [0.1, 0.15) is 0 Å². The summed E-state index contributed by atoms with van der Waals surface area (Å²) < 4.78 is 0. The number of carbonyl (C=O) groups is 1. The van der Waals surface area contributed by atoms with Crippen molar-refractivity contribution in [1.29, 1.82) is 0 Å². The first-order valence-electron chi connectivity index (χ1n) is 8.25. The standard InChI is InChI=1S/C19H26BrNO/c1-6-21(14-9-7-8-13(2)12-14)16(22)19-11-10-18(5,15(19)20)17(19,3)4/h7-9,12,15H,6,10-11H2,1-5H3. The van der Waals surface area contributed by atoms with E-state index in [1.165, 1.54) is 5.56 Å². The first-order valence-corrected chi connectivity index (χ1v) is 9.16. The van der Waals surface area contributed by atoms with Crippen molar-refractivity contribution in [3.8, 4) is 0 Å².